The second-order valence-electron chi connectivity index (χ2n) is 7.18. The van der Waals surface area contributed by atoms with E-state index in [4.69, 9.17) is 9.47 Å². The molecule has 2 aliphatic rings. The highest BCUT2D eigenvalue weighted by Crippen LogP contribution is 2.44. The molecule has 2 aliphatic heterocycles. The second-order valence-corrected chi connectivity index (χ2v) is 7.18. The fraction of sp³-hybridized carbons (Fsp3) is 0.409. The lowest BCUT2D eigenvalue weighted by atomic mass is 9.77. The molecule has 1 amide bonds. The maximum atomic E-state index is 12.5. The number of fused-ring (bicyclic) bond motifs is 1. The van der Waals surface area contributed by atoms with Gasteiger partial charge in [0.25, 0.3) is 0 Å². The van der Waals surface area contributed by atoms with Gasteiger partial charge in [-0.1, -0.05) is 48.5 Å². The first kappa shape index (κ1) is 17.9. The molecular formula is C22H26N2O3. The van der Waals surface area contributed by atoms with E-state index in [9.17, 15) is 4.79 Å². The Morgan fingerprint density at radius 3 is 2.63 bits per heavy atom. The van der Waals surface area contributed by atoms with Crippen LogP contribution in [0.2, 0.25) is 0 Å². The summed E-state index contributed by atoms with van der Waals surface area (Å²) in [6, 6.07) is 18.6. The van der Waals surface area contributed by atoms with Crippen molar-refractivity contribution in [3.05, 3.63) is 65.7 Å². The lowest BCUT2D eigenvalue weighted by Crippen LogP contribution is -2.71. The van der Waals surface area contributed by atoms with E-state index in [1.54, 1.807) is 0 Å². The number of para-hydroxylation sites is 1. The lowest BCUT2D eigenvalue weighted by molar-refractivity contribution is -0.0561. The molecule has 5 heteroatoms. The Morgan fingerprint density at radius 1 is 1.19 bits per heavy atom. The Balaban J connectivity index is 1.75. The maximum absolute atomic E-state index is 12.5. The van der Waals surface area contributed by atoms with Crippen LogP contribution >= 0.6 is 0 Å². The van der Waals surface area contributed by atoms with Gasteiger partial charge in [-0.2, -0.15) is 0 Å². The number of alkyl carbamates (subject to hydrolysis) is 1. The molecule has 1 N–H and O–H groups in total. The maximum Gasteiger partial charge on any atom is 0.408 e. The van der Waals surface area contributed by atoms with E-state index in [2.05, 4.69) is 40.5 Å². The van der Waals surface area contributed by atoms with Crippen LogP contribution in [-0.2, 0) is 11.2 Å². The SMILES string of the molecule is CCOC(=O)NC1(N2CCC2)COc2ccccc2C1Cc1ccccc1. The molecule has 2 heterocycles. The highest BCUT2D eigenvalue weighted by atomic mass is 16.5. The molecule has 2 aromatic rings. The number of hydrogen-bond donors (Lipinski definition) is 1. The Bertz CT molecular complexity index is 791. The normalized spacial score (nSPS) is 24.3. The number of benzene rings is 2. The number of ether oxygens (including phenoxy) is 2. The third-order valence-electron chi connectivity index (χ3n) is 5.62. The summed E-state index contributed by atoms with van der Waals surface area (Å²) in [5, 5.41) is 3.19. The molecule has 0 spiro atoms. The molecule has 4 rings (SSSR count). The fourth-order valence-electron chi connectivity index (χ4n) is 4.15. The predicted octanol–water partition coefficient (Wildman–Crippen LogP) is 3.55. The third-order valence-corrected chi connectivity index (χ3v) is 5.62. The van der Waals surface area contributed by atoms with Crippen molar-refractivity contribution in [2.24, 2.45) is 0 Å². The zero-order valence-corrected chi connectivity index (χ0v) is 15.7. The number of nitrogens with one attached hydrogen (secondary N) is 1. The van der Waals surface area contributed by atoms with Gasteiger partial charge in [0.15, 0.2) is 0 Å². The zero-order chi connectivity index (χ0) is 18.7. The van der Waals surface area contributed by atoms with Crippen molar-refractivity contribution in [2.45, 2.75) is 31.3 Å². The summed E-state index contributed by atoms with van der Waals surface area (Å²) in [5.41, 5.74) is 1.78. The van der Waals surface area contributed by atoms with Crippen molar-refractivity contribution in [1.29, 1.82) is 0 Å². The number of carbonyl (C=O) groups is 1. The standard InChI is InChI=1S/C22H26N2O3/c1-2-26-21(25)23-22(24-13-8-14-24)16-27-20-12-7-6-11-18(20)19(22)15-17-9-4-3-5-10-17/h3-7,9-12,19H,2,8,13-16H2,1H3,(H,23,25). The number of rotatable bonds is 5. The van der Waals surface area contributed by atoms with Gasteiger partial charge in [0.2, 0.25) is 0 Å². The van der Waals surface area contributed by atoms with Gasteiger partial charge in [-0.15, -0.1) is 0 Å². The topological polar surface area (TPSA) is 50.8 Å². The molecule has 1 saturated heterocycles. The number of hydrogen-bond acceptors (Lipinski definition) is 4. The Labute approximate surface area is 160 Å². The average molecular weight is 366 g/mol. The van der Waals surface area contributed by atoms with Crippen LogP contribution in [0.3, 0.4) is 0 Å². The summed E-state index contributed by atoms with van der Waals surface area (Å²) < 4.78 is 11.4. The van der Waals surface area contributed by atoms with E-state index in [0.29, 0.717) is 13.2 Å². The second kappa shape index (κ2) is 7.61. The van der Waals surface area contributed by atoms with E-state index in [1.807, 2.05) is 31.2 Å². The summed E-state index contributed by atoms with van der Waals surface area (Å²) in [6.45, 7) is 4.49. The third kappa shape index (κ3) is 3.39. The van der Waals surface area contributed by atoms with Crippen LogP contribution in [0.25, 0.3) is 0 Å². The van der Waals surface area contributed by atoms with E-state index in [1.165, 1.54) is 5.56 Å². The molecule has 27 heavy (non-hydrogen) atoms. The minimum absolute atomic E-state index is 0.0783. The minimum atomic E-state index is -0.602. The van der Waals surface area contributed by atoms with Crippen LogP contribution in [0.15, 0.2) is 54.6 Å². The molecule has 142 valence electrons. The summed E-state index contributed by atoms with van der Waals surface area (Å²) in [7, 11) is 0. The molecule has 1 fully saturated rings. The van der Waals surface area contributed by atoms with Gasteiger partial charge in [0, 0.05) is 24.6 Å². The van der Waals surface area contributed by atoms with Crippen LogP contribution in [0.5, 0.6) is 5.75 Å². The first-order chi connectivity index (χ1) is 13.2. The highest BCUT2D eigenvalue weighted by molar-refractivity contribution is 5.69. The molecule has 2 atom stereocenters. The molecule has 0 aliphatic carbocycles. The van der Waals surface area contributed by atoms with Crippen LogP contribution in [-0.4, -0.2) is 43.0 Å². The van der Waals surface area contributed by atoms with Gasteiger partial charge in [-0.25, -0.2) is 4.79 Å². The van der Waals surface area contributed by atoms with Gasteiger partial charge in [0.1, 0.15) is 18.0 Å². The Hall–Kier alpha value is -2.53. The number of carbonyl (C=O) groups excluding carboxylic acids is 1. The molecule has 2 unspecified atom stereocenters. The molecule has 5 nitrogen and oxygen atoms in total. The van der Waals surface area contributed by atoms with E-state index >= 15 is 0 Å². The molecule has 0 aromatic heterocycles. The molecule has 0 radical (unpaired) electrons. The number of amides is 1. The van der Waals surface area contributed by atoms with Crippen LogP contribution in [0.1, 0.15) is 30.4 Å². The smallest absolute Gasteiger partial charge is 0.408 e. The van der Waals surface area contributed by atoms with Crippen LogP contribution < -0.4 is 10.1 Å². The van der Waals surface area contributed by atoms with Crippen molar-refractivity contribution in [1.82, 2.24) is 10.2 Å². The van der Waals surface area contributed by atoms with Crippen LogP contribution in [0.4, 0.5) is 4.79 Å². The van der Waals surface area contributed by atoms with E-state index in [-0.39, 0.29) is 12.0 Å². The zero-order valence-electron chi connectivity index (χ0n) is 15.7. The van der Waals surface area contributed by atoms with Gasteiger partial charge in [0.05, 0.1) is 6.61 Å². The fourth-order valence-corrected chi connectivity index (χ4v) is 4.15. The summed E-state index contributed by atoms with van der Waals surface area (Å²) in [5.74, 6) is 0.981. The average Bonchev–Trinajstić information content (AvgIpc) is 2.64. The quantitative estimate of drug-likeness (QED) is 0.879. The molecule has 2 aromatic carbocycles. The van der Waals surface area contributed by atoms with Crippen molar-refractivity contribution in [2.75, 3.05) is 26.3 Å². The monoisotopic (exact) mass is 366 g/mol. The molecular weight excluding hydrogens is 340 g/mol. The summed E-state index contributed by atoms with van der Waals surface area (Å²) >= 11 is 0. The van der Waals surface area contributed by atoms with Gasteiger partial charge < -0.3 is 9.47 Å². The minimum Gasteiger partial charge on any atom is -0.489 e. The molecule has 0 bridgehead atoms. The largest absolute Gasteiger partial charge is 0.489 e. The number of likely N-dealkylation sites (tertiary alicyclic amines) is 1. The van der Waals surface area contributed by atoms with Crippen LogP contribution in [0, 0.1) is 0 Å². The van der Waals surface area contributed by atoms with Crippen molar-refractivity contribution in [3.8, 4) is 5.75 Å². The van der Waals surface area contributed by atoms with Crippen molar-refractivity contribution >= 4 is 6.09 Å². The van der Waals surface area contributed by atoms with Gasteiger partial charge in [-0.05, 0) is 31.4 Å². The van der Waals surface area contributed by atoms with Gasteiger partial charge in [-0.3, -0.25) is 10.2 Å². The van der Waals surface area contributed by atoms with Gasteiger partial charge >= 0.3 is 6.09 Å². The summed E-state index contributed by atoms with van der Waals surface area (Å²) in [6.07, 6.45) is 1.57. The van der Waals surface area contributed by atoms with Crippen molar-refractivity contribution in [3.63, 3.8) is 0 Å². The predicted molar refractivity (Wildman–Crippen MR) is 104 cm³/mol. The lowest BCUT2D eigenvalue weighted by Gasteiger charge is -2.54. The number of nitrogens with zero attached hydrogens (tertiary/aromatic N) is 1. The Morgan fingerprint density at radius 2 is 1.93 bits per heavy atom. The first-order valence-corrected chi connectivity index (χ1v) is 9.68. The summed E-state index contributed by atoms with van der Waals surface area (Å²) in [4.78, 5) is 14.8. The van der Waals surface area contributed by atoms with E-state index in [0.717, 1.165) is 37.2 Å². The van der Waals surface area contributed by atoms with E-state index < -0.39 is 5.66 Å². The Kier molecular flexibility index (Phi) is 5.03. The highest BCUT2D eigenvalue weighted by Gasteiger charge is 2.51. The van der Waals surface area contributed by atoms with Crippen molar-refractivity contribution < 1.29 is 14.3 Å². The first-order valence-electron chi connectivity index (χ1n) is 9.68. The molecule has 0 saturated carbocycles.